The second-order valence-electron chi connectivity index (χ2n) is 6.71. The smallest absolute Gasteiger partial charge is 0.0622 e. The lowest BCUT2D eigenvalue weighted by Crippen LogP contribution is -2.27. The molecule has 0 saturated heterocycles. The molecule has 0 fully saturated rings. The number of rotatable bonds is 10. The molecule has 0 aromatic rings. The molecule has 3 nitrogen and oxygen atoms in total. The monoisotopic (exact) mass is 274 g/mol. The highest BCUT2D eigenvalue weighted by Gasteiger charge is 2.20. The third kappa shape index (κ3) is 8.61. The summed E-state index contributed by atoms with van der Waals surface area (Å²) in [5.74, 6) is 0.572. The summed E-state index contributed by atoms with van der Waals surface area (Å²) in [5, 5.41) is 19.4. The van der Waals surface area contributed by atoms with Crippen LogP contribution in [0.3, 0.4) is 0 Å². The van der Waals surface area contributed by atoms with E-state index in [4.69, 9.17) is 4.74 Å². The van der Waals surface area contributed by atoms with Gasteiger partial charge in [0.15, 0.2) is 0 Å². The molecule has 0 rings (SSSR count). The Morgan fingerprint density at radius 3 is 2.05 bits per heavy atom. The van der Waals surface area contributed by atoms with Gasteiger partial charge in [0, 0.05) is 13.0 Å². The Morgan fingerprint density at radius 1 is 1.00 bits per heavy atom. The van der Waals surface area contributed by atoms with Gasteiger partial charge in [0.1, 0.15) is 0 Å². The van der Waals surface area contributed by atoms with Gasteiger partial charge in [-0.25, -0.2) is 0 Å². The number of aliphatic hydroxyl groups is 2. The van der Waals surface area contributed by atoms with Crippen LogP contribution in [0.2, 0.25) is 0 Å². The second-order valence-corrected chi connectivity index (χ2v) is 6.71. The van der Waals surface area contributed by atoms with Crippen LogP contribution in [0.5, 0.6) is 0 Å². The van der Waals surface area contributed by atoms with E-state index in [2.05, 4.69) is 20.8 Å². The van der Waals surface area contributed by atoms with E-state index in [0.29, 0.717) is 5.92 Å². The molecule has 0 heterocycles. The Balaban J connectivity index is 3.79. The van der Waals surface area contributed by atoms with Gasteiger partial charge in [-0.15, -0.1) is 0 Å². The molecule has 0 spiro atoms. The van der Waals surface area contributed by atoms with Gasteiger partial charge in [-0.3, -0.25) is 0 Å². The Morgan fingerprint density at radius 2 is 1.58 bits per heavy atom. The molecule has 0 bridgehead atoms. The van der Waals surface area contributed by atoms with E-state index < -0.39 is 12.2 Å². The van der Waals surface area contributed by atoms with Gasteiger partial charge in [-0.2, -0.15) is 0 Å². The van der Waals surface area contributed by atoms with E-state index in [1.807, 2.05) is 6.92 Å². The van der Waals surface area contributed by atoms with Crippen LogP contribution in [-0.2, 0) is 4.74 Å². The quantitative estimate of drug-likeness (QED) is 0.642. The maximum atomic E-state index is 9.95. The van der Waals surface area contributed by atoms with E-state index in [9.17, 15) is 10.2 Å². The summed E-state index contributed by atoms with van der Waals surface area (Å²) in [7, 11) is 1.76. The van der Waals surface area contributed by atoms with Gasteiger partial charge in [-0.05, 0) is 46.0 Å². The number of methoxy groups -OCH3 is 1. The summed E-state index contributed by atoms with van der Waals surface area (Å²) >= 11 is 0. The first-order valence-corrected chi connectivity index (χ1v) is 7.61. The van der Waals surface area contributed by atoms with E-state index in [0.717, 1.165) is 25.7 Å². The van der Waals surface area contributed by atoms with Crippen molar-refractivity contribution in [1.82, 2.24) is 0 Å². The zero-order chi connectivity index (χ0) is 15.1. The van der Waals surface area contributed by atoms with Crippen molar-refractivity contribution >= 4 is 0 Å². The van der Waals surface area contributed by atoms with Crippen LogP contribution >= 0.6 is 0 Å². The highest BCUT2D eigenvalue weighted by Crippen LogP contribution is 2.23. The summed E-state index contributed by atoms with van der Waals surface area (Å²) < 4.78 is 5.41. The summed E-state index contributed by atoms with van der Waals surface area (Å²) in [6, 6.07) is 0. The van der Waals surface area contributed by atoms with E-state index >= 15 is 0 Å². The molecule has 116 valence electrons. The van der Waals surface area contributed by atoms with Crippen LogP contribution in [0.1, 0.15) is 66.7 Å². The predicted molar refractivity (Wildman–Crippen MR) is 80.2 cm³/mol. The largest absolute Gasteiger partial charge is 0.393 e. The topological polar surface area (TPSA) is 49.7 Å². The first-order valence-electron chi connectivity index (χ1n) is 7.61. The summed E-state index contributed by atoms with van der Waals surface area (Å²) in [6.07, 6.45) is 4.37. The highest BCUT2D eigenvalue weighted by atomic mass is 16.5. The van der Waals surface area contributed by atoms with Crippen LogP contribution in [-0.4, -0.2) is 35.1 Å². The Labute approximate surface area is 119 Å². The molecule has 0 saturated carbocycles. The zero-order valence-electron chi connectivity index (χ0n) is 13.6. The maximum absolute atomic E-state index is 9.95. The number of hydrogen-bond acceptors (Lipinski definition) is 3. The minimum absolute atomic E-state index is 0.0277. The molecule has 0 aliphatic carbocycles. The average Bonchev–Trinajstić information content (AvgIpc) is 2.34. The number of hydrogen-bond donors (Lipinski definition) is 2. The van der Waals surface area contributed by atoms with Crippen LogP contribution < -0.4 is 0 Å². The van der Waals surface area contributed by atoms with E-state index in [-0.39, 0.29) is 11.5 Å². The van der Waals surface area contributed by atoms with Gasteiger partial charge < -0.3 is 14.9 Å². The molecular weight excluding hydrogens is 240 g/mol. The van der Waals surface area contributed by atoms with Crippen molar-refractivity contribution in [3.05, 3.63) is 0 Å². The Bertz CT molecular complexity index is 226. The van der Waals surface area contributed by atoms with Crippen LogP contribution in [0.4, 0.5) is 0 Å². The van der Waals surface area contributed by atoms with Gasteiger partial charge in [0.05, 0.1) is 17.8 Å². The summed E-state index contributed by atoms with van der Waals surface area (Å²) in [4.78, 5) is 0. The fraction of sp³-hybridized carbons (Fsp3) is 1.00. The molecule has 0 aromatic heterocycles. The Kier molecular flexibility index (Phi) is 8.88. The minimum atomic E-state index is -0.437. The molecule has 2 N–H and O–H groups in total. The molecule has 0 amide bonds. The molecule has 3 heteroatoms. The fourth-order valence-electron chi connectivity index (χ4n) is 2.16. The third-order valence-corrected chi connectivity index (χ3v) is 4.35. The lowest BCUT2D eigenvalue weighted by Gasteiger charge is -2.24. The SMILES string of the molecule is COC(C)(C)CCC[C@H](C)CCC(O)C(C)C(C)O. The van der Waals surface area contributed by atoms with E-state index in [1.54, 1.807) is 14.0 Å². The molecule has 4 atom stereocenters. The standard InChI is InChI=1S/C16H34O3/c1-12(8-7-11-16(4,5)19-6)9-10-15(18)13(2)14(3)17/h12-15,17-18H,7-11H2,1-6H3/t12-,13?,14?,15?/m0/s1. The Hall–Kier alpha value is -0.120. The van der Waals surface area contributed by atoms with Crippen molar-refractivity contribution in [1.29, 1.82) is 0 Å². The summed E-state index contributed by atoms with van der Waals surface area (Å²) in [6.45, 7) is 10.1. The van der Waals surface area contributed by atoms with E-state index in [1.165, 1.54) is 6.42 Å². The lowest BCUT2D eigenvalue weighted by atomic mass is 9.90. The maximum Gasteiger partial charge on any atom is 0.0622 e. The minimum Gasteiger partial charge on any atom is -0.393 e. The molecule has 3 unspecified atom stereocenters. The van der Waals surface area contributed by atoms with Crippen molar-refractivity contribution in [2.24, 2.45) is 11.8 Å². The van der Waals surface area contributed by atoms with Crippen molar-refractivity contribution in [3.63, 3.8) is 0 Å². The van der Waals surface area contributed by atoms with Crippen molar-refractivity contribution in [2.75, 3.05) is 7.11 Å². The molecule has 19 heavy (non-hydrogen) atoms. The van der Waals surface area contributed by atoms with Gasteiger partial charge >= 0.3 is 0 Å². The normalized spacial score (nSPS) is 18.9. The van der Waals surface area contributed by atoms with Gasteiger partial charge in [0.25, 0.3) is 0 Å². The fourth-order valence-corrected chi connectivity index (χ4v) is 2.16. The van der Waals surface area contributed by atoms with Crippen LogP contribution in [0, 0.1) is 11.8 Å². The lowest BCUT2D eigenvalue weighted by molar-refractivity contribution is 0.0115. The summed E-state index contributed by atoms with van der Waals surface area (Å²) in [5.41, 5.74) is -0.0277. The predicted octanol–water partition coefficient (Wildman–Crippen LogP) is 3.38. The van der Waals surface area contributed by atoms with Crippen molar-refractivity contribution < 1.29 is 14.9 Å². The molecule has 0 aromatic carbocycles. The van der Waals surface area contributed by atoms with Crippen molar-refractivity contribution in [3.8, 4) is 0 Å². The second kappa shape index (κ2) is 8.93. The number of ether oxygens (including phenoxy) is 1. The van der Waals surface area contributed by atoms with Gasteiger partial charge in [-0.1, -0.05) is 26.7 Å². The van der Waals surface area contributed by atoms with Crippen LogP contribution in [0.25, 0.3) is 0 Å². The molecule has 0 aliphatic rings. The van der Waals surface area contributed by atoms with Crippen LogP contribution in [0.15, 0.2) is 0 Å². The third-order valence-electron chi connectivity index (χ3n) is 4.35. The first-order chi connectivity index (χ1) is 8.69. The molecule has 0 radical (unpaired) electrons. The molecular formula is C16H34O3. The number of aliphatic hydroxyl groups excluding tert-OH is 2. The van der Waals surface area contributed by atoms with Gasteiger partial charge in [0.2, 0.25) is 0 Å². The average molecular weight is 274 g/mol. The first kappa shape index (κ1) is 18.9. The van der Waals surface area contributed by atoms with Crippen molar-refractivity contribution in [2.45, 2.75) is 84.5 Å². The molecule has 0 aliphatic heterocycles. The highest BCUT2D eigenvalue weighted by molar-refractivity contribution is 4.71. The zero-order valence-corrected chi connectivity index (χ0v) is 13.6.